The van der Waals surface area contributed by atoms with Crippen LogP contribution in [0.3, 0.4) is 0 Å². The summed E-state index contributed by atoms with van der Waals surface area (Å²) in [4.78, 5) is 3.28. The fourth-order valence-electron chi connectivity index (χ4n) is 1.90. The number of hydrogen-bond donors (Lipinski definition) is 1. The van der Waals surface area contributed by atoms with E-state index < -0.39 is 35.2 Å². The highest BCUT2D eigenvalue weighted by Crippen LogP contribution is 2.28. The fraction of sp³-hybridized carbons (Fsp3) is 0.267. The minimum absolute atomic E-state index is 0.277. The van der Waals surface area contributed by atoms with E-state index in [1.807, 2.05) is 0 Å². The summed E-state index contributed by atoms with van der Waals surface area (Å²) < 4.78 is 96.2. The average Bonchev–Trinajstić information content (AvgIpc) is 2.59. The maximum atomic E-state index is 12.3. The van der Waals surface area contributed by atoms with Crippen LogP contribution in [0.25, 0.3) is 0 Å². The Hall–Kier alpha value is -2.18. The first-order valence-electron chi connectivity index (χ1n) is 7.35. The van der Waals surface area contributed by atoms with Gasteiger partial charge >= 0.3 is 12.8 Å². The predicted octanol–water partition coefficient (Wildman–Crippen LogP) is 3.76. The van der Waals surface area contributed by atoms with Crippen LogP contribution in [0.5, 0.6) is 11.6 Å². The van der Waals surface area contributed by atoms with E-state index in [0.29, 0.717) is 0 Å². The zero-order valence-corrected chi connectivity index (χ0v) is 15.3. The van der Waals surface area contributed by atoms with Crippen molar-refractivity contribution < 1.29 is 39.8 Å². The molecule has 0 bridgehead atoms. The number of ether oxygens (including phenoxy) is 2. The van der Waals surface area contributed by atoms with Gasteiger partial charge in [-0.2, -0.15) is 22.0 Å². The van der Waals surface area contributed by atoms with E-state index in [2.05, 4.69) is 19.2 Å². The van der Waals surface area contributed by atoms with E-state index in [-0.39, 0.29) is 27.9 Å². The van der Waals surface area contributed by atoms with Crippen LogP contribution in [0, 0.1) is 0 Å². The summed E-state index contributed by atoms with van der Waals surface area (Å²) in [6, 6.07) is 5.41. The van der Waals surface area contributed by atoms with Gasteiger partial charge < -0.3 is 9.47 Å². The van der Waals surface area contributed by atoms with Gasteiger partial charge in [0.2, 0.25) is 15.9 Å². The third kappa shape index (κ3) is 6.77. The Labute approximate surface area is 161 Å². The molecule has 0 saturated carbocycles. The maximum Gasteiger partial charge on any atom is 0.422 e. The van der Waals surface area contributed by atoms with Crippen molar-refractivity contribution in [3.63, 3.8) is 0 Å². The molecule has 1 N–H and O–H groups in total. The topological polar surface area (TPSA) is 77.5 Å². The van der Waals surface area contributed by atoms with Gasteiger partial charge in [-0.05, 0) is 29.8 Å². The molecule has 2 rings (SSSR count). The Kier molecular flexibility index (Phi) is 7.01. The van der Waals surface area contributed by atoms with Crippen molar-refractivity contribution in [1.82, 2.24) is 9.71 Å². The molecular weight excluding hydrogens is 435 g/mol. The number of alkyl halides is 5. The van der Waals surface area contributed by atoms with Gasteiger partial charge in [-0.1, -0.05) is 11.6 Å². The third-order valence-electron chi connectivity index (χ3n) is 3.08. The highest BCUT2D eigenvalue weighted by Gasteiger charge is 2.28. The van der Waals surface area contributed by atoms with Crippen molar-refractivity contribution in [2.24, 2.45) is 0 Å². The van der Waals surface area contributed by atoms with Gasteiger partial charge in [0.15, 0.2) is 6.61 Å². The molecule has 28 heavy (non-hydrogen) atoms. The number of sulfonamides is 1. The van der Waals surface area contributed by atoms with E-state index in [9.17, 15) is 30.4 Å². The molecule has 2 aromatic rings. The van der Waals surface area contributed by atoms with Crippen molar-refractivity contribution >= 4 is 21.6 Å². The van der Waals surface area contributed by atoms with Crippen LogP contribution in [0.2, 0.25) is 5.02 Å². The summed E-state index contributed by atoms with van der Waals surface area (Å²) in [7, 11) is -4.09. The van der Waals surface area contributed by atoms with E-state index in [1.165, 1.54) is 6.07 Å². The lowest BCUT2D eigenvalue weighted by molar-refractivity contribution is -0.154. The molecule has 1 heterocycles. The molecule has 1 aromatic heterocycles. The predicted molar refractivity (Wildman–Crippen MR) is 87.9 cm³/mol. The summed E-state index contributed by atoms with van der Waals surface area (Å²) in [5.41, 5.74) is 0.277. The van der Waals surface area contributed by atoms with E-state index in [0.717, 1.165) is 30.5 Å². The van der Waals surface area contributed by atoms with Crippen molar-refractivity contribution in [2.45, 2.75) is 24.2 Å². The lowest BCUT2D eigenvalue weighted by Crippen LogP contribution is -2.23. The molecule has 0 spiro atoms. The Morgan fingerprint density at radius 1 is 1.18 bits per heavy atom. The average molecular weight is 447 g/mol. The first-order chi connectivity index (χ1) is 13.0. The van der Waals surface area contributed by atoms with Gasteiger partial charge in [-0.3, -0.25) is 0 Å². The minimum Gasteiger partial charge on any atom is -0.468 e. The molecule has 13 heteroatoms. The van der Waals surface area contributed by atoms with Crippen molar-refractivity contribution in [3.05, 3.63) is 47.1 Å². The molecule has 0 aliphatic carbocycles. The monoisotopic (exact) mass is 446 g/mol. The van der Waals surface area contributed by atoms with Crippen LogP contribution >= 0.6 is 11.6 Å². The summed E-state index contributed by atoms with van der Waals surface area (Å²) in [5, 5.41) is -0.338. The summed E-state index contributed by atoms with van der Waals surface area (Å²) >= 11 is 5.72. The first-order valence-corrected chi connectivity index (χ1v) is 9.21. The second-order valence-corrected chi connectivity index (χ2v) is 7.38. The number of benzene rings is 1. The molecule has 0 atom stereocenters. The highest BCUT2D eigenvalue weighted by atomic mass is 35.5. The van der Waals surface area contributed by atoms with Gasteiger partial charge in [0.1, 0.15) is 5.75 Å². The quantitative estimate of drug-likeness (QED) is 0.625. The molecule has 0 unspecified atom stereocenters. The molecule has 0 radical (unpaired) electrons. The van der Waals surface area contributed by atoms with E-state index >= 15 is 0 Å². The second-order valence-electron chi connectivity index (χ2n) is 5.20. The summed E-state index contributed by atoms with van der Waals surface area (Å²) in [5.74, 6) is -0.721. The van der Waals surface area contributed by atoms with Gasteiger partial charge in [0.25, 0.3) is 0 Å². The van der Waals surface area contributed by atoms with Crippen LogP contribution in [-0.4, -0.2) is 32.8 Å². The molecule has 0 aliphatic rings. The van der Waals surface area contributed by atoms with Gasteiger partial charge in [0.05, 0.1) is 9.92 Å². The smallest absolute Gasteiger partial charge is 0.422 e. The molecule has 6 nitrogen and oxygen atoms in total. The number of hydrogen-bond acceptors (Lipinski definition) is 5. The zero-order valence-electron chi connectivity index (χ0n) is 13.7. The largest absolute Gasteiger partial charge is 0.468 e. The molecule has 0 amide bonds. The van der Waals surface area contributed by atoms with Crippen molar-refractivity contribution in [2.75, 3.05) is 6.61 Å². The van der Waals surface area contributed by atoms with Crippen molar-refractivity contribution in [3.8, 4) is 11.6 Å². The molecule has 0 aliphatic heterocycles. The summed E-state index contributed by atoms with van der Waals surface area (Å²) in [6.07, 6.45) is -3.39. The number of rotatable bonds is 8. The van der Waals surface area contributed by atoms with E-state index in [4.69, 9.17) is 11.6 Å². The van der Waals surface area contributed by atoms with Gasteiger partial charge in [-0.15, -0.1) is 0 Å². The number of halogens is 6. The first kappa shape index (κ1) is 22.1. The van der Waals surface area contributed by atoms with Gasteiger partial charge in [0, 0.05) is 18.8 Å². The Morgan fingerprint density at radius 3 is 2.50 bits per heavy atom. The van der Waals surface area contributed by atoms with Crippen LogP contribution in [0.4, 0.5) is 22.0 Å². The zero-order chi connectivity index (χ0) is 20.9. The van der Waals surface area contributed by atoms with Crippen LogP contribution < -0.4 is 14.2 Å². The van der Waals surface area contributed by atoms with Crippen molar-refractivity contribution in [1.29, 1.82) is 0 Å². The van der Waals surface area contributed by atoms with Gasteiger partial charge in [-0.25, -0.2) is 18.1 Å². The molecular formula is C15H12ClF5N2O4S. The Bertz CT molecular complexity index is 925. The number of nitrogens with zero attached hydrogens (tertiary/aromatic N) is 1. The lowest BCUT2D eigenvalue weighted by Gasteiger charge is -2.11. The number of nitrogens with one attached hydrogen (secondary N) is 1. The maximum absolute atomic E-state index is 12.3. The molecule has 1 aromatic carbocycles. The van der Waals surface area contributed by atoms with Crippen LogP contribution in [0.15, 0.2) is 41.4 Å². The SMILES string of the molecule is O=S(=O)(NCc1ccnc(OCC(F)(F)F)c1)c1ccc(OC(F)F)c(Cl)c1. The fourth-order valence-corrected chi connectivity index (χ4v) is 3.23. The third-order valence-corrected chi connectivity index (χ3v) is 4.77. The van der Waals surface area contributed by atoms with Crippen LogP contribution in [-0.2, 0) is 16.6 Å². The standard InChI is InChI=1S/C15H12ClF5N2O4S/c16-11-6-10(1-2-12(11)27-14(17)18)28(24,25)23-7-9-3-4-22-13(5-9)26-8-15(19,20)21/h1-6,14,23H,7-8H2. The molecule has 0 saturated heterocycles. The summed E-state index contributed by atoms with van der Waals surface area (Å²) in [6.45, 7) is -4.96. The number of aromatic nitrogens is 1. The molecule has 154 valence electrons. The van der Waals surface area contributed by atoms with Crippen LogP contribution in [0.1, 0.15) is 5.56 Å². The Balaban J connectivity index is 2.06. The van der Waals surface area contributed by atoms with E-state index in [1.54, 1.807) is 0 Å². The lowest BCUT2D eigenvalue weighted by atomic mass is 10.3. The second kappa shape index (κ2) is 8.88. The highest BCUT2D eigenvalue weighted by molar-refractivity contribution is 7.89. The normalized spacial score (nSPS) is 12.2. The number of pyridine rings is 1. The minimum atomic E-state index is -4.54. The Morgan fingerprint density at radius 2 is 1.89 bits per heavy atom. The molecule has 0 fully saturated rings.